The summed E-state index contributed by atoms with van der Waals surface area (Å²) in [6, 6.07) is 15.2. The molecule has 2 aromatic heterocycles. The Balaban J connectivity index is 1.59. The van der Waals surface area contributed by atoms with Gasteiger partial charge in [0, 0.05) is 11.8 Å². The lowest BCUT2D eigenvalue weighted by atomic mass is 10.1. The van der Waals surface area contributed by atoms with Crippen molar-refractivity contribution in [1.82, 2.24) is 9.55 Å². The van der Waals surface area contributed by atoms with E-state index in [1.807, 2.05) is 6.07 Å². The molecule has 4 rings (SSSR count). The van der Waals surface area contributed by atoms with Gasteiger partial charge in [-0.1, -0.05) is 35.9 Å². The van der Waals surface area contributed by atoms with Crippen molar-refractivity contribution in [2.24, 2.45) is 0 Å². The van der Waals surface area contributed by atoms with Crippen molar-refractivity contribution in [3.8, 4) is 27.8 Å². The van der Waals surface area contributed by atoms with Crippen molar-refractivity contribution >= 4 is 34.8 Å². The zero-order valence-electron chi connectivity index (χ0n) is 16.3. The van der Waals surface area contributed by atoms with Crippen molar-refractivity contribution in [3.63, 3.8) is 0 Å². The van der Waals surface area contributed by atoms with Gasteiger partial charge in [0.25, 0.3) is 0 Å². The molecule has 0 spiro atoms. The number of H-pyrrole nitrogens is 1. The number of nitrogens with one attached hydrogen (secondary N) is 1. The molecule has 2 heterocycles. The van der Waals surface area contributed by atoms with Gasteiger partial charge in [0.1, 0.15) is 0 Å². The van der Waals surface area contributed by atoms with E-state index in [1.165, 1.54) is 35.2 Å². The Morgan fingerprint density at radius 1 is 1.19 bits per heavy atom. The summed E-state index contributed by atoms with van der Waals surface area (Å²) in [6.45, 7) is 0. The number of nitrogens with zero attached hydrogens (tertiary/aromatic N) is 1. The zero-order valence-corrected chi connectivity index (χ0v) is 17.9. The third-order valence-corrected chi connectivity index (χ3v) is 5.86. The molecule has 0 fully saturated rings. The largest absolute Gasteiger partial charge is 0.504 e. The highest BCUT2D eigenvalue weighted by Gasteiger charge is 2.11. The number of phenolic OH excluding ortho intramolecular Hbond substituents is 1. The highest BCUT2D eigenvalue weighted by atomic mass is 35.5. The van der Waals surface area contributed by atoms with Crippen LogP contribution in [0.25, 0.3) is 22.3 Å². The number of benzene rings is 2. The molecule has 0 bridgehead atoms. The number of methoxy groups -OCH3 is 1. The first-order chi connectivity index (χ1) is 14.9. The number of thiophene rings is 1. The van der Waals surface area contributed by atoms with E-state index in [2.05, 4.69) is 4.98 Å². The number of halogens is 1. The van der Waals surface area contributed by atoms with E-state index in [4.69, 9.17) is 16.3 Å². The van der Waals surface area contributed by atoms with Crippen LogP contribution in [0.15, 0.2) is 71.7 Å². The number of aromatic nitrogens is 2. The smallest absolute Gasteiger partial charge is 0.330 e. The Morgan fingerprint density at radius 3 is 2.77 bits per heavy atom. The van der Waals surface area contributed by atoms with Crippen molar-refractivity contribution in [2.75, 3.05) is 7.11 Å². The number of allylic oxidation sites excluding steroid dienone is 1. The van der Waals surface area contributed by atoms with Gasteiger partial charge in [-0.2, -0.15) is 0 Å². The maximum Gasteiger partial charge on any atom is 0.330 e. The lowest BCUT2D eigenvalue weighted by Gasteiger charge is -2.04. The fourth-order valence-corrected chi connectivity index (χ4v) is 4.05. The summed E-state index contributed by atoms with van der Waals surface area (Å²) in [5, 5.41) is 9.67. The topological polar surface area (TPSA) is 84.3 Å². The number of phenols is 1. The second-order valence-corrected chi connectivity index (χ2v) is 8.34. The third-order valence-electron chi connectivity index (χ3n) is 4.60. The Bertz CT molecular complexity index is 1350. The second-order valence-electron chi connectivity index (χ2n) is 6.63. The maximum absolute atomic E-state index is 12.7. The quantitative estimate of drug-likeness (QED) is 0.312. The second kappa shape index (κ2) is 8.67. The number of ketones is 1. The van der Waals surface area contributed by atoms with Crippen LogP contribution in [0.2, 0.25) is 4.34 Å². The average Bonchev–Trinajstić information content (AvgIpc) is 3.38. The predicted octanol–water partition coefficient (Wildman–Crippen LogP) is 5.16. The van der Waals surface area contributed by atoms with Gasteiger partial charge in [-0.25, -0.2) is 4.79 Å². The molecule has 8 heteroatoms. The molecular formula is C23H17ClN2O4S. The Morgan fingerprint density at radius 2 is 2.03 bits per heavy atom. The summed E-state index contributed by atoms with van der Waals surface area (Å²) >= 11 is 7.35. The van der Waals surface area contributed by atoms with Gasteiger partial charge in [0.15, 0.2) is 17.3 Å². The molecule has 2 N–H and O–H groups in total. The van der Waals surface area contributed by atoms with Crippen LogP contribution in [0.5, 0.6) is 11.5 Å². The number of imidazole rings is 1. The molecule has 0 aliphatic rings. The Kier molecular flexibility index (Phi) is 5.79. The average molecular weight is 453 g/mol. The monoisotopic (exact) mass is 452 g/mol. The summed E-state index contributed by atoms with van der Waals surface area (Å²) in [5.41, 5.74) is 2.06. The minimum absolute atomic E-state index is 0.0276. The van der Waals surface area contributed by atoms with Crippen LogP contribution in [0, 0.1) is 0 Å². The number of aromatic amines is 1. The minimum Gasteiger partial charge on any atom is -0.504 e. The molecule has 31 heavy (non-hydrogen) atoms. The van der Waals surface area contributed by atoms with Crippen molar-refractivity contribution in [3.05, 3.63) is 92.8 Å². The summed E-state index contributed by atoms with van der Waals surface area (Å²) < 4.78 is 7.16. The number of rotatable bonds is 6. The number of carbonyl (C=O) groups is 1. The van der Waals surface area contributed by atoms with E-state index in [1.54, 1.807) is 54.7 Å². The van der Waals surface area contributed by atoms with Crippen LogP contribution >= 0.6 is 22.9 Å². The van der Waals surface area contributed by atoms with Crippen molar-refractivity contribution in [2.45, 2.75) is 0 Å². The van der Waals surface area contributed by atoms with Crippen LogP contribution in [-0.2, 0) is 0 Å². The highest BCUT2D eigenvalue weighted by molar-refractivity contribution is 7.19. The normalized spacial score (nSPS) is 11.2. The number of aromatic hydroxyl groups is 1. The molecule has 0 atom stereocenters. The van der Waals surface area contributed by atoms with Crippen LogP contribution in [0.4, 0.5) is 0 Å². The SMILES string of the molecule is COc1cc(/C=C/C(=O)c2cccc(-n3cc(-c4ccc(Cl)s4)[nH]c3=O)c2)ccc1O. The van der Waals surface area contributed by atoms with E-state index >= 15 is 0 Å². The first-order valence-corrected chi connectivity index (χ1v) is 10.4. The van der Waals surface area contributed by atoms with Crippen molar-refractivity contribution < 1.29 is 14.6 Å². The molecule has 0 aliphatic heterocycles. The lowest BCUT2D eigenvalue weighted by molar-refractivity contribution is 0.104. The van der Waals surface area contributed by atoms with E-state index < -0.39 is 0 Å². The molecule has 0 radical (unpaired) electrons. The number of ether oxygens (including phenoxy) is 1. The fraction of sp³-hybridized carbons (Fsp3) is 0.0435. The van der Waals surface area contributed by atoms with Crippen LogP contribution in [0.3, 0.4) is 0 Å². The summed E-state index contributed by atoms with van der Waals surface area (Å²) in [4.78, 5) is 28.8. The van der Waals surface area contributed by atoms with Crippen molar-refractivity contribution in [1.29, 1.82) is 0 Å². The summed E-state index contributed by atoms with van der Waals surface area (Å²) in [6.07, 6.45) is 4.76. The van der Waals surface area contributed by atoms with E-state index in [-0.39, 0.29) is 17.2 Å². The molecule has 0 unspecified atom stereocenters. The molecule has 0 amide bonds. The van der Waals surface area contributed by atoms with Gasteiger partial charge in [-0.3, -0.25) is 9.36 Å². The van der Waals surface area contributed by atoms with Gasteiger partial charge < -0.3 is 14.8 Å². The van der Waals surface area contributed by atoms with Crippen LogP contribution in [0.1, 0.15) is 15.9 Å². The van der Waals surface area contributed by atoms with Gasteiger partial charge in [-0.15, -0.1) is 11.3 Å². The molecule has 2 aromatic carbocycles. The van der Waals surface area contributed by atoms with E-state index in [0.29, 0.717) is 32.6 Å². The Hall–Kier alpha value is -3.55. The highest BCUT2D eigenvalue weighted by Crippen LogP contribution is 2.30. The number of hydrogen-bond acceptors (Lipinski definition) is 5. The molecule has 0 aliphatic carbocycles. The zero-order chi connectivity index (χ0) is 22.0. The van der Waals surface area contributed by atoms with Crippen LogP contribution in [-0.4, -0.2) is 27.6 Å². The molecule has 4 aromatic rings. The molecule has 6 nitrogen and oxygen atoms in total. The fourth-order valence-electron chi connectivity index (χ4n) is 3.05. The predicted molar refractivity (Wildman–Crippen MR) is 123 cm³/mol. The minimum atomic E-state index is -0.309. The molecular weight excluding hydrogens is 436 g/mol. The Labute approximate surface area is 186 Å². The molecule has 0 saturated carbocycles. The van der Waals surface area contributed by atoms with Gasteiger partial charge >= 0.3 is 5.69 Å². The number of carbonyl (C=O) groups excluding carboxylic acids is 1. The maximum atomic E-state index is 12.7. The molecule has 156 valence electrons. The number of hydrogen-bond donors (Lipinski definition) is 2. The van der Waals surface area contributed by atoms with Gasteiger partial charge in [-0.05, 0) is 48.0 Å². The summed E-state index contributed by atoms with van der Waals surface area (Å²) in [7, 11) is 1.46. The first-order valence-electron chi connectivity index (χ1n) is 9.22. The lowest BCUT2D eigenvalue weighted by Crippen LogP contribution is -2.14. The van der Waals surface area contributed by atoms with E-state index in [0.717, 1.165) is 4.88 Å². The molecule has 0 saturated heterocycles. The van der Waals surface area contributed by atoms with Gasteiger partial charge in [0.05, 0.1) is 27.7 Å². The van der Waals surface area contributed by atoms with Gasteiger partial charge in [0.2, 0.25) is 0 Å². The standard InChI is InChI=1S/C23H17ClN2O4S/c1-30-20-11-14(6-8-19(20)28)5-7-18(27)15-3-2-4-16(12-15)26-13-17(25-23(26)29)21-9-10-22(24)31-21/h2-13,28H,1H3,(H,25,29)/b7-5+. The van der Waals surface area contributed by atoms with Crippen LogP contribution < -0.4 is 10.4 Å². The third kappa shape index (κ3) is 4.47. The first kappa shape index (κ1) is 20.7. The van der Waals surface area contributed by atoms with E-state index in [9.17, 15) is 14.7 Å². The summed E-state index contributed by atoms with van der Waals surface area (Å²) in [5.74, 6) is 0.133.